The van der Waals surface area contributed by atoms with Crippen molar-refractivity contribution in [3.05, 3.63) is 29.8 Å². The quantitative estimate of drug-likeness (QED) is 0.783. The second-order valence-electron chi connectivity index (χ2n) is 5.42. The maximum Gasteiger partial charge on any atom is 0.263 e. The molecule has 4 nitrogen and oxygen atoms in total. The van der Waals surface area contributed by atoms with Gasteiger partial charge in [-0.3, -0.25) is 9.59 Å². The van der Waals surface area contributed by atoms with Gasteiger partial charge in [-0.2, -0.15) is 0 Å². The number of nitrogens with zero attached hydrogens (tertiary/aromatic N) is 1. The number of Topliss-reactive ketones (excluding diaryl/α,β-unsaturated/α-hetero) is 1. The summed E-state index contributed by atoms with van der Waals surface area (Å²) in [6.45, 7) is 5.19. The third-order valence-corrected chi connectivity index (χ3v) is 3.83. The molecule has 2 rings (SSSR count). The van der Waals surface area contributed by atoms with E-state index in [2.05, 4.69) is 0 Å². The van der Waals surface area contributed by atoms with Crippen molar-refractivity contribution < 1.29 is 14.3 Å². The van der Waals surface area contributed by atoms with Gasteiger partial charge in [-0.1, -0.05) is 19.1 Å². The first-order valence-electron chi connectivity index (χ1n) is 7.71. The molecule has 1 saturated heterocycles. The van der Waals surface area contributed by atoms with Gasteiger partial charge in [0.15, 0.2) is 11.9 Å². The van der Waals surface area contributed by atoms with E-state index in [1.165, 1.54) is 6.42 Å². The van der Waals surface area contributed by atoms with Gasteiger partial charge in [0.25, 0.3) is 5.91 Å². The summed E-state index contributed by atoms with van der Waals surface area (Å²) < 4.78 is 5.77. The molecule has 1 aromatic rings. The number of rotatable bonds is 5. The lowest BCUT2D eigenvalue weighted by Crippen LogP contribution is -2.43. The molecule has 1 unspecified atom stereocenters. The molecule has 4 heteroatoms. The van der Waals surface area contributed by atoms with Crippen molar-refractivity contribution in [2.24, 2.45) is 0 Å². The molecule has 1 aliphatic heterocycles. The zero-order valence-electron chi connectivity index (χ0n) is 12.8. The first kappa shape index (κ1) is 15.5. The average Bonchev–Trinajstić information content (AvgIpc) is 2.54. The van der Waals surface area contributed by atoms with Crippen molar-refractivity contribution in [1.29, 1.82) is 0 Å². The number of benzene rings is 1. The number of amides is 1. The normalized spacial score (nSPS) is 16.4. The molecule has 0 aliphatic carbocycles. The highest BCUT2D eigenvalue weighted by Gasteiger charge is 2.24. The van der Waals surface area contributed by atoms with Gasteiger partial charge in [-0.05, 0) is 38.3 Å². The van der Waals surface area contributed by atoms with Gasteiger partial charge in [0, 0.05) is 19.5 Å². The third-order valence-electron chi connectivity index (χ3n) is 3.83. The smallest absolute Gasteiger partial charge is 0.263 e. The molecular weight excluding hydrogens is 266 g/mol. The molecule has 21 heavy (non-hydrogen) atoms. The number of carbonyl (C=O) groups excluding carboxylic acids is 2. The van der Waals surface area contributed by atoms with E-state index in [4.69, 9.17) is 4.74 Å². The minimum absolute atomic E-state index is 0.00782. The molecule has 0 saturated carbocycles. The van der Waals surface area contributed by atoms with Gasteiger partial charge >= 0.3 is 0 Å². The fraction of sp³-hybridized carbons (Fsp3) is 0.529. The van der Waals surface area contributed by atoms with E-state index in [0.29, 0.717) is 17.7 Å². The Labute approximate surface area is 126 Å². The van der Waals surface area contributed by atoms with Crippen LogP contribution in [0.5, 0.6) is 5.75 Å². The van der Waals surface area contributed by atoms with Crippen molar-refractivity contribution in [2.45, 2.75) is 45.6 Å². The van der Waals surface area contributed by atoms with Crippen LogP contribution in [0.25, 0.3) is 0 Å². The highest BCUT2D eigenvalue weighted by molar-refractivity contribution is 5.98. The second kappa shape index (κ2) is 7.25. The van der Waals surface area contributed by atoms with E-state index in [9.17, 15) is 9.59 Å². The maximum absolute atomic E-state index is 12.4. The monoisotopic (exact) mass is 289 g/mol. The molecule has 1 aliphatic rings. The summed E-state index contributed by atoms with van der Waals surface area (Å²) in [4.78, 5) is 26.1. The van der Waals surface area contributed by atoms with E-state index in [0.717, 1.165) is 25.9 Å². The molecule has 1 atom stereocenters. The SMILES string of the molecule is CCC(=O)c1ccccc1OC(C)C(=O)N1CCCCC1. The molecule has 0 aromatic heterocycles. The largest absolute Gasteiger partial charge is 0.480 e. The lowest BCUT2D eigenvalue weighted by atomic mass is 10.1. The van der Waals surface area contributed by atoms with Crippen LogP contribution >= 0.6 is 0 Å². The molecule has 114 valence electrons. The van der Waals surface area contributed by atoms with Gasteiger partial charge in [-0.15, -0.1) is 0 Å². The van der Waals surface area contributed by atoms with Crippen LogP contribution in [-0.2, 0) is 4.79 Å². The van der Waals surface area contributed by atoms with Gasteiger partial charge in [0.1, 0.15) is 5.75 Å². The van der Waals surface area contributed by atoms with Crippen LogP contribution in [-0.4, -0.2) is 35.8 Å². The topological polar surface area (TPSA) is 46.6 Å². The van der Waals surface area contributed by atoms with Crippen LogP contribution < -0.4 is 4.74 Å². The zero-order chi connectivity index (χ0) is 15.2. The number of likely N-dealkylation sites (tertiary alicyclic amines) is 1. The van der Waals surface area contributed by atoms with E-state index in [1.807, 2.05) is 24.0 Å². The van der Waals surface area contributed by atoms with Gasteiger partial charge < -0.3 is 9.64 Å². The Balaban J connectivity index is 2.06. The van der Waals surface area contributed by atoms with E-state index in [1.54, 1.807) is 19.1 Å². The van der Waals surface area contributed by atoms with Crippen LogP contribution in [0.4, 0.5) is 0 Å². The Morgan fingerprint density at radius 2 is 1.86 bits per heavy atom. The summed E-state index contributed by atoms with van der Waals surface area (Å²) in [5.41, 5.74) is 0.554. The van der Waals surface area contributed by atoms with E-state index >= 15 is 0 Å². The first-order chi connectivity index (χ1) is 10.1. The fourth-order valence-electron chi connectivity index (χ4n) is 2.60. The number of piperidine rings is 1. The van der Waals surface area contributed by atoms with E-state index in [-0.39, 0.29) is 11.7 Å². The highest BCUT2D eigenvalue weighted by atomic mass is 16.5. The van der Waals surface area contributed by atoms with Crippen molar-refractivity contribution in [3.63, 3.8) is 0 Å². The van der Waals surface area contributed by atoms with Gasteiger partial charge in [0.05, 0.1) is 5.56 Å². The third kappa shape index (κ3) is 3.84. The molecule has 0 radical (unpaired) electrons. The molecule has 1 amide bonds. The number of ether oxygens (including phenoxy) is 1. The average molecular weight is 289 g/mol. The minimum Gasteiger partial charge on any atom is -0.480 e. The Hall–Kier alpha value is -1.84. The van der Waals surface area contributed by atoms with Gasteiger partial charge in [0.2, 0.25) is 0 Å². The Bertz CT molecular complexity index is 507. The summed E-state index contributed by atoms with van der Waals surface area (Å²) in [6.07, 6.45) is 3.17. The van der Waals surface area contributed by atoms with Crippen LogP contribution in [0.2, 0.25) is 0 Å². The lowest BCUT2D eigenvalue weighted by Gasteiger charge is -2.29. The summed E-state index contributed by atoms with van der Waals surface area (Å²) >= 11 is 0. The Morgan fingerprint density at radius 3 is 2.52 bits per heavy atom. The number of hydrogen-bond acceptors (Lipinski definition) is 3. The second-order valence-corrected chi connectivity index (χ2v) is 5.42. The number of hydrogen-bond donors (Lipinski definition) is 0. The molecule has 0 spiro atoms. The molecular formula is C17H23NO3. The molecule has 1 aromatic carbocycles. The maximum atomic E-state index is 12.4. The zero-order valence-corrected chi connectivity index (χ0v) is 12.8. The van der Waals surface area contributed by atoms with Crippen LogP contribution in [0.15, 0.2) is 24.3 Å². The predicted octanol–water partition coefficient (Wildman–Crippen LogP) is 3.06. The van der Waals surface area contributed by atoms with Crippen molar-refractivity contribution >= 4 is 11.7 Å². The molecule has 0 N–H and O–H groups in total. The van der Waals surface area contributed by atoms with Crippen molar-refractivity contribution in [2.75, 3.05) is 13.1 Å². The number of ketones is 1. The van der Waals surface area contributed by atoms with Crippen LogP contribution in [0, 0.1) is 0 Å². The fourth-order valence-corrected chi connectivity index (χ4v) is 2.60. The predicted molar refractivity (Wildman–Crippen MR) is 81.6 cm³/mol. The highest BCUT2D eigenvalue weighted by Crippen LogP contribution is 2.22. The van der Waals surface area contributed by atoms with Crippen LogP contribution in [0.1, 0.15) is 49.9 Å². The Kier molecular flexibility index (Phi) is 5.37. The lowest BCUT2D eigenvalue weighted by molar-refractivity contribution is -0.138. The van der Waals surface area contributed by atoms with Crippen molar-refractivity contribution in [3.8, 4) is 5.75 Å². The molecule has 1 heterocycles. The van der Waals surface area contributed by atoms with Gasteiger partial charge in [-0.25, -0.2) is 0 Å². The number of carbonyl (C=O) groups is 2. The minimum atomic E-state index is -0.561. The summed E-state index contributed by atoms with van der Waals surface area (Å²) in [6, 6.07) is 7.13. The van der Waals surface area contributed by atoms with Crippen LogP contribution in [0.3, 0.4) is 0 Å². The summed E-state index contributed by atoms with van der Waals surface area (Å²) in [5, 5.41) is 0. The number of para-hydroxylation sites is 1. The summed E-state index contributed by atoms with van der Waals surface area (Å²) in [5.74, 6) is 0.541. The standard InChI is InChI=1S/C17H23NO3/c1-3-15(19)14-9-5-6-10-16(14)21-13(2)17(20)18-11-7-4-8-12-18/h5-6,9-10,13H,3-4,7-8,11-12H2,1-2H3. The Morgan fingerprint density at radius 1 is 1.19 bits per heavy atom. The summed E-state index contributed by atoms with van der Waals surface area (Å²) in [7, 11) is 0. The van der Waals surface area contributed by atoms with E-state index < -0.39 is 6.10 Å². The molecule has 1 fully saturated rings. The first-order valence-corrected chi connectivity index (χ1v) is 7.71. The molecule has 0 bridgehead atoms. The van der Waals surface area contributed by atoms with Crippen molar-refractivity contribution in [1.82, 2.24) is 4.90 Å².